The summed E-state index contributed by atoms with van der Waals surface area (Å²) in [7, 11) is 2.12. The van der Waals surface area contributed by atoms with Crippen LogP contribution in [0.3, 0.4) is 0 Å². The van der Waals surface area contributed by atoms with E-state index >= 15 is 0 Å². The minimum Gasteiger partial charge on any atom is -0.444 e. The van der Waals surface area contributed by atoms with Crippen molar-refractivity contribution in [2.75, 3.05) is 13.6 Å². The Hall–Kier alpha value is -2.06. The number of benzene rings is 1. The summed E-state index contributed by atoms with van der Waals surface area (Å²) in [5, 5.41) is 11.9. The summed E-state index contributed by atoms with van der Waals surface area (Å²) in [5.41, 5.74) is 3.18. The van der Waals surface area contributed by atoms with Gasteiger partial charge in [-0.05, 0) is 50.9 Å². The molecule has 1 aliphatic rings. The van der Waals surface area contributed by atoms with Crippen LogP contribution in [0.15, 0.2) is 18.2 Å². The first-order valence-corrected chi connectivity index (χ1v) is 7.95. The molecule has 1 aromatic rings. The van der Waals surface area contributed by atoms with Gasteiger partial charge in [0.2, 0.25) is 0 Å². The standard InChI is InChI=1S/C18H25N3O2/c1-18(2,3)23-17(22)20-16(11-19)10-13-5-6-15-12-21(4)8-7-14(15)9-13/h5-6,9,16H,7-8,10,12H2,1-4H3,(H,20,22)/t16-/m0/s1. The molecule has 0 saturated heterocycles. The van der Waals surface area contributed by atoms with Gasteiger partial charge >= 0.3 is 6.09 Å². The van der Waals surface area contributed by atoms with E-state index in [9.17, 15) is 10.1 Å². The zero-order valence-electron chi connectivity index (χ0n) is 14.3. The number of alkyl carbamates (subject to hydrolysis) is 1. The minimum absolute atomic E-state index is 0.485. The van der Waals surface area contributed by atoms with Crippen LogP contribution in [0.5, 0.6) is 0 Å². The van der Waals surface area contributed by atoms with Crippen molar-refractivity contribution in [3.05, 3.63) is 34.9 Å². The van der Waals surface area contributed by atoms with Gasteiger partial charge in [-0.2, -0.15) is 5.26 Å². The molecule has 1 N–H and O–H groups in total. The second-order valence-corrected chi connectivity index (χ2v) is 7.12. The van der Waals surface area contributed by atoms with Gasteiger partial charge in [0, 0.05) is 19.5 Å². The summed E-state index contributed by atoms with van der Waals surface area (Å²) in [4.78, 5) is 14.1. The van der Waals surface area contributed by atoms with E-state index in [4.69, 9.17) is 4.74 Å². The summed E-state index contributed by atoms with van der Waals surface area (Å²) in [6.45, 7) is 7.42. The van der Waals surface area contributed by atoms with E-state index in [1.165, 1.54) is 11.1 Å². The molecule has 124 valence electrons. The fraction of sp³-hybridized carbons (Fsp3) is 0.556. The van der Waals surface area contributed by atoms with Gasteiger partial charge in [-0.25, -0.2) is 4.79 Å². The van der Waals surface area contributed by atoms with Gasteiger partial charge < -0.3 is 15.0 Å². The highest BCUT2D eigenvalue weighted by Gasteiger charge is 2.20. The van der Waals surface area contributed by atoms with Crippen molar-refractivity contribution < 1.29 is 9.53 Å². The van der Waals surface area contributed by atoms with Crippen LogP contribution >= 0.6 is 0 Å². The van der Waals surface area contributed by atoms with Crippen molar-refractivity contribution in [3.63, 3.8) is 0 Å². The molecule has 5 nitrogen and oxygen atoms in total. The van der Waals surface area contributed by atoms with Gasteiger partial charge in [-0.1, -0.05) is 18.2 Å². The number of carbonyl (C=O) groups is 1. The van der Waals surface area contributed by atoms with Crippen molar-refractivity contribution in [1.82, 2.24) is 10.2 Å². The molecule has 0 unspecified atom stereocenters. The maximum Gasteiger partial charge on any atom is 0.408 e. The van der Waals surface area contributed by atoms with Crippen molar-refractivity contribution in [2.24, 2.45) is 0 Å². The van der Waals surface area contributed by atoms with Crippen LogP contribution < -0.4 is 5.32 Å². The van der Waals surface area contributed by atoms with Crippen LogP contribution in [0.1, 0.15) is 37.5 Å². The Bertz CT molecular complexity index is 614. The number of rotatable bonds is 3. The summed E-state index contributed by atoms with van der Waals surface area (Å²) in [6, 6.07) is 7.87. The molecule has 0 spiro atoms. The van der Waals surface area contributed by atoms with Crippen molar-refractivity contribution in [2.45, 2.75) is 51.8 Å². The number of ether oxygens (including phenoxy) is 1. The number of nitrogens with zero attached hydrogens (tertiary/aromatic N) is 2. The SMILES string of the molecule is CN1CCc2cc(C[C@@H](C#N)NC(=O)OC(C)(C)C)ccc2C1. The molecule has 23 heavy (non-hydrogen) atoms. The molecule has 0 aromatic heterocycles. The van der Waals surface area contributed by atoms with E-state index in [-0.39, 0.29) is 0 Å². The normalized spacial score (nSPS) is 16.1. The third-order valence-corrected chi connectivity index (χ3v) is 3.76. The summed E-state index contributed by atoms with van der Waals surface area (Å²) in [5.74, 6) is 0. The van der Waals surface area contributed by atoms with Crippen LogP contribution in [-0.4, -0.2) is 36.2 Å². The van der Waals surface area contributed by atoms with Crippen molar-refractivity contribution >= 4 is 6.09 Å². The van der Waals surface area contributed by atoms with Gasteiger partial charge in [-0.3, -0.25) is 0 Å². The first-order valence-electron chi connectivity index (χ1n) is 7.95. The molecule has 2 rings (SSSR count). The molecule has 5 heteroatoms. The van der Waals surface area contributed by atoms with E-state index in [0.717, 1.165) is 25.1 Å². The number of hydrogen-bond acceptors (Lipinski definition) is 4. The third kappa shape index (κ3) is 5.26. The van der Waals surface area contributed by atoms with Gasteiger partial charge in [0.25, 0.3) is 0 Å². The molecular formula is C18H25N3O2. The zero-order valence-corrected chi connectivity index (χ0v) is 14.3. The summed E-state index contributed by atoms with van der Waals surface area (Å²) >= 11 is 0. The highest BCUT2D eigenvalue weighted by Crippen LogP contribution is 2.20. The zero-order chi connectivity index (χ0) is 17.0. The number of nitriles is 1. The lowest BCUT2D eigenvalue weighted by Crippen LogP contribution is -2.39. The van der Waals surface area contributed by atoms with Crippen molar-refractivity contribution in [3.8, 4) is 6.07 Å². The van der Waals surface area contributed by atoms with Crippen LogP contribution in [-0.2, 0) is 24.1 Å². The number of likely N-dealkylation sites (N-methyl/N-ethyl adjacent to an activating group) is 1. The highest BCUT2D eigenvalue weighted by molar-refractivity contribution is 5.68. The Balaban J connectivity index is 2.00. The lowest BCUT2D eigenvalue weighted by molar-refractivity contribution is 0.0516. The fourth-order valence-electron chi connectivity index (χ4n) is 2.69. The topological polar surface area (TPSA) is 65.4 Å². The van der Waals surface area contributed by atoms with E-state index in [1.54, 1.807) is 20.8 Å². The minimum atomic E-state index is -0.589. The number of nitrogens with one attached hydrogen (secondary N) is 1. The van der Waals surface area contributed by atoms with E-state index in [0.29, 0.717) is 6.42 Å². The molecule has 0 bridgehead atoms. The average molecular weight is 315 g/mol. The predicted octanol–water partition coefficient (Wildman–Crippen LogP) is 2.63. The second-order valence-electron chi connectivity index (χ2n) is 7.12. The lowest BCUT2D eigenvalue weighted by Gasteiger charge is -2.25. The Kier molecular flexibility index (Phi) is 5.27. The third-order valence-electron chi connectivity index (χ3n) is 3.76. The Labute approximate surface area is 138 Å². The molecular weight excluding hydrogens is 290 g/mol. The molecule has 1 aliphatic heterocycles. The largest absolute Gasteiger partial charge is 0.444 e. The lowest BCUT2D eigenvalue weighted by atomic mass is 9.95. The first-order chi connectivity index (χ1) is 10.8. The summed E-state index contributed by atoms with van der Waals surface area (Å²) < 4.78 is 5.20. The quantitative estimate of drug-likeness (QED) is 0.931. The molecule has 0 saturated carbocycles. The van der Waals surface area contributed by atoms with Crippen LogP contribution in [0.2, 0.25) is 0 Å². The first kappa shape index (κ1) is 17.3. The molecule has 1 heterocycles. The maximum atomic E-state index is 11.8. The average Bonchev–Trinajstić information content (AvgIpc) is 2.44. The van der Waals surface area contributed by atoms with Crippen molar-refractivity contribution in [1.29, 1.82) is 5.26 Å². The maximum absolute atomic E-state index is 11.8. The Morgan fingerprint density at radius 2 is 2.17 bits per heavy atom. The number of amides is 1. The molecule has 1 atom stereocenters. The van der Waals surface area contributed by atoms with Crippen LogP contribution in [0.4, 0.5) is 4.79 Å². The monoisotopic (exact) mass is 315 g/mol. The number of carbonyl (C=O) groups excluding carboxylic acids is 1. The molecule has 0 aliphatic carbocycles. The van der Waals surface area contributed by atoms with E-state index < -0.39 is 17.7 Å². The number of hydrogen-bond donors (Lipinski definition) is 1. The molecule has 1 amide bonds. The number of fused-ring (bicyclic) bond motifs is 1. The van der Waals surface area contributed by atoms with E-state index in [1.807, 2.05) is 6.07 Å². The molecule has 0 fully saturated rings. The predicted molar refractivity (Wildman–Crippen MR) is 89.0 cm³/mol. The highest BCUT2D eigenvalue weighted by atomic mass is 16.6. The fourth-order valence-corrected chi connectivity index (χ4v) is 2.69. The smallest absolute Gasteiger partial charge is 0.408 e. The van der Waals surface area contributed by atoms with Crippen LogP contribution in [0.25, 0.3) is 0 Å². The van der Waals surface area contributed by atoms with Crippen LogP contribution in [0, 0.1) is 11.3 Å². The van der Waals surface area contributed by atoms with Gasteiger partial charge in [0.1, 0.15) is 11.6 Å². The Morgan fingerprint density at radius 3 is 2.83 bits per heavy atom. The van der Waals surface area contributed by atoms with E-state index in [2.05, 4.69) is 35.5 Å². The van der Waals surface area contributed by atoms with Gasteiger partial charge in [0.05, 0.1) is 6.07 Å². The van der Waals surface area contributed by atoms with Gasteiger partial charge in [-0.15, -0.1) is 0 Å². The summed E-state index contributed by atoms with van der Waals surface area (Å²) in [6.07, 6.45) is 0.957. The van der Waals surface area contributed by atoms with Gasteiger partial charge in [0.15, 0.2) is 0 Å². The Morgan fingerprint density at radius 1 is 1.43 bits per heavy atom. The second kappa shape index (κ2) is 7.01. The molecule has 0 radical (unpaired) electrons. The molecule has 1 aromatic carbocycles.